The van der Waals surface area contributed by atoms with Crippen molar-refractivity contribution in [1.29, 1.82) is 0 Å². The van der Waals surface area contributed by atoms with Crippen LogP contribution >= 0.6 is 23.1 Å². The molecule has 0 saturated heterocycles. The molecule has 0 amide bonds. The Morgan fingerprint density at radius 1 is 1.00 bits per heavy atom. The van der Waals surface area contributed by atoms with E-state index >= 15 is 0 Å². The monoisotopic (exact) mass is 311 g/mol. The SMILES string of the molecule is CSc1nc(-c2ccccc2)sc1C(=O)c1ccccc1. The van der Waals surface area contributed by atoms with Crippen LogP contribution in [0.1, 0.15) is 15.2 Å². The van der Waals surface area contributed by atoms with Gasteiger partial charge in [-0.05, 0) is 6.26 Å². The molecule has 21 heavy (non-hydrogen) atoms. The van der Waals surface area contributed by atoms with Gasteiger partial charge in [0.2, 0.25) is 5.78 Å². The van der Waals surface area contributed by atoms with Crippen molar-refractivity contribution in [3.8, 4) is 10.6 Å². The summed E-state index contributed by atoms with van der Waals surface area (Å²) in [6.07, 6.45) is 1.95. The molecule has 0 N–H and O–H groups in total. The minimum atomic E-state index is 0.0413. The number of carbonyl (C=O) groups is 1. The van der Waals surface area contributed by atoms with Crippen LogP contribution in [0.15, 0.2) is 65.7 Å². The van der Waals surface area contributed by atoms with Gasteiger partial charge in [0.15, 0.2) is 0 Å². The molecule has 104 valence electrons. The summed E-state index contributed by atoms with van der Waals surface area (Å²) in [5.41, 5.74) is 1.75. The molecule has 3 aromatic rings. The van der Waals surface area contributed by atoms with Crippen molar-refractivity contribution in [3.05, 3.63) is 71.1 Å². The molecule has 0 aliphatic carbocycles. The first-order valence-corrected chi connectivity index (χ1v) is 8.53. The second-order valence-corrected chi connectivity index (χ2v) is 6.21. The maximum Gasteiger partial charge on any atom is 0.205 e. The summed E-state index contributed by atoms with van der Waals surface area (Å²) in [5.74, 6) is 0.0413. The maximum atomic E-state index is 12.6. The fourth-order valence-corrected chi connectivity index (χ4v) is 3.83. The molecule has 2 aromatic carbocycles. The van der Waals surface area contributed by atoms with E-state index in [9.17, 15) is 4.79 Å². The van der Waals surface area contributed by atoms with Crippen molar-refractivity contribution in [2.45, 2.75) is 5.03 Å². The zero-order valence-corrected chi connectivity index (χ0v) is 13.1. The minimum Gasteiger partial charge on any atom is -0.288 e. The summed E-state index contributed by atoms with van der Waals surface area (Å²) in [4.78, 5) is 17.9. The highest BCUT2D eigenvalue weighted by Gasteiger charge is 2.19. The highest BCUT2D eigenvalue weighted by Crippen LogP contribution is 2.33. The molecule has 0 radical (unpaired) electrons. The van der Waals surface area contributed by atoms with E-state index in [4.69, 9.17) is 0 Å². The van der Waals surface area contributed by atoms with Crippen LogP contribution < -0.4 is 0 Å². The van der Waals surface area contributed by atoms with Crippen LogP contribution in [0.3, 0.4) is 0 Å². The summed E-state index contributed by atoms with van der Waals surface area (Å²) in [6, 6.07) is 19.3. The smallest absolute Gasteiger partial charge is 0.205 e. The van der Waals surface area contributed by atoms with E-state index in [-0.39, 0.29) is 5.78 Å². The number of aromatic nitrogens is 1. The third-order valence-corrected chi connectivity index (χ3v) is 4.97. The second kappa shape index (κ2) is 6.24. The zero-order valence-electron chi connectivity index (χ0n) is 11.4. The van der Waals surface area contributed by atoms with Crippen molar-refractivity contribution in [1.82, 2.24) is 4.98 Å². The van der Waals surface area contributed by atoms with Crippen LogP contribution in [0.25, 0.3) is 10.6 Å². The molecule has 0 unspecified atom stereocenters. The number of nitrogens with zero attached hydrogens (tertiary/aromatic N) is 1. The Hall–Kier alpha value is -1.91. The minimum absolute atomic E-state index is 0.0413. The summed E-state index contributed by atoms with van der Waals surface area (Å²) in [6.45, 7) is 0. The van der Waals surface area contributed by atoms with E-state index in [1.165, 1.54) is 23.1 Å². The first-order valence-electron chi connectivity index (χ1n) is 6.49. The summed E-state index contributed by atoms with van der Waals surface area (Å²) >= 11 is 2.97. The molecular formula is C17H13NOS2. The summed E-state index contributed by atoms with van der Waals surface area (Å²) in [7, 11) is 0. The third kappa shape index (κ3) is 2.91. The van der Waals surface area contributed by atoms with Crippen molar-refractivity contribution < 1.29 is 4.79 Å². The van der Waals surface area contributed by atoms with Crippen LogP contribution in [0, 0.1) is 0 Å². The van der Waals surface area contributed by atoms with Gasteiger partial charge in [0.25, 0.3) is 0 Å². The number of thiazole rings is 1. The Morgan fingerprint density at radius 3 is 2.24 bits per heavy atom. The number of hydrogen-bond acceptors (Lipinski definition) is 4. The Labute approximate surface area is 131 Å². The Balaban J connectivity index is 2.03. The number of rotatable bonds is 4. The molecule has 3 rings (SSSR count). The molecule has 4 heteroatoms. The number of thioether (sulfide) groups is 1. The van der Waals surface area contributed by atoms with E-state index in [1.807, 2.05) is 66.9 Å². The van der Waals surface area contributed by atoms with E-state index < -0.39 is 0 Å². The average molecular weight is 311 g/mol. The summed E-state index contributed by atoms with van der Waals surface area (Å²) in [5, 5.41) is 1.69. The Bertz CT molecular complexity index is 751. The van der Waals surface area contributed by atoms with Crippen LogP contribution in [-0.2, 0) is 0 Å². The standard InChI is InChI=1S/C17H13NOS2/c1-20-17-15(14(19)12-8-4-2-5-9-12)21-16(18-17)13-10-6-3-7-11-13/h2-11H,1H3. The lowest BCUT2D eigenvalue weighted by Gasteiger charge is -1.98. The van der Waals surface area contributed by atoms with Gasteiger partial charge in [0.05, 0.1) is 0 Å². The van der Waals surface area contributed by atoms with Gasteiger partial charge in [-0.1, -0.05) is 60.7 Å². The van der Waals surface area contributed by atoms with Gasteiger partial charge in [-0.15, -0.1) is 23.1 Å². The van der Waals surface area contributed by atoms with E-state index in [0.29, 0.717) is 10.4 Å². The van der Waals surface area contributed by atoms with Gasteiger partial charge in [-0.25, -0.2) is 4.98 Å². The van der Waals surface area contributed by atoms with Gasteiger partial charge in [-0.2, -0.15) is 0 Å². The molecule has 0 saturated carbocycles. The van der Waals surface area contributed by atoms with Gasteiger partial charge < -0.3 is 0 Å². The molecule has 0 aliphatic heterocycles. The highest BCUT2D eigenvalue weighted by molar-refractivity contribution is 7.98. The fraction of sp³-hybridized carbons (Fsp3) is 0.0588. The average Bonchev–Trinajstić information content (AvgIpc) is 3.00. The van der Waals surface area contributed by atoms with E-state index in [1.54, 1.807) is 0 Å². The van der Waals surface area contributed by atoms with Crippen LogP contribution in [-0.4, -0.2) is 17.0 Å². The van der Waals surface area contributed by atoms with E-state index in [0.717, 1.165) is 15.6 Å². The van der Waals surface area contributed by atoms with Crippen molar-refractivity contribution >= 4 is 28.9 Å². The zero-order chi connectivity index (χ0) is 14.7. The predicted octanol–water partition coefficient (Wildman–Crippen LogP) is 4.76. The van der Waals surface area contributed by atoms with Gasteiger partial charge >= 0.3 is 0 Å². The lowest BCUT2D eigenvalue weighted by Crippen LogP contribution is -1.99. The number of benzene rings is 2. The summed E-state index contributed by atoms with van der Waals surface area (Å²) < 4.78 is 0. The molecule has 1 aromatic heterocycles. The molecule has 2 nitrogen and oxygen atoms in total. The number of hydrogen-bond donors (Lipinski definition) is 0. The third-order valence-electron chi connectivity index (χ3n) is 3.05. The molecule has 0 fully saturated rings. The van der Waals surface area contributed by atoms with Crippen molar-refractivity contribution in [2.75, 3.05) is 6.26 Å². The number of carbonyl (C=O) groups excluding carboxylic acids is 1. The molecule has 0 bridgehead atoms. The van der Waals surface area contributed by atoms with Crippen molar-refractivity contribution in [2.24, 2.45) is 0 Å². The second-order valence-electron chi connectivity index (χ2n) is 4.42. The maximum absolute atomic E-state index is 12.6. The van der Waals surface area contributed by atoms with Gasteiger partial charge in [-0.3, -0.25) is 4.79 Å². The molecular weight excluding hydrogens is 298 g/mol. The van der Waals surface area contributed by atoms with Crippen LogP contribution in [0.2, 0.25) is 0 Å². The molecule has 0 atom stereocenters. The lowest BCUT2D eigenvalue weighted by molar-refractivity contribution is 0.103. The fourth-order valence-electron chi connectivity index (χ4n) is 2.01. The van der Waals surface area contributed by atoms with Gasteiger partial charge in [0, 0.05) is 11.1 Å². The highest BCUT2D eigenvalue weighted by atomic mass is 32.2. The van der Waals surface area contributed by atoms with Crippen LogP contribution in [0.5, 0.6) is 0 Å². The first-order chi connectivity index (χ1) is 10.3. The quantitative estimate of drug-likeness (QED) is 0.514. The predicted molar refractivity (Wildman–Crippen MR) is 89.2 cm³/mol. The largest absolute Gasteiger partial charge is 0.288 e. The van der Waals surface area contributed by atoms with Crippen LogP contribution in [0.4, 0.5) is 0 Å². The molecule has 0 aliphatic rings. The normalized spacial score (nSPS) is 10.5. The molecule has 0 spiro atoms. The number of ketones is 1. The topological polar surface area (TPSA) is 30.0 Å². The lowest BCUT2D eigenvalue weighted by atomic mass is 10.1. The van der Waals surface area contributed by atoms with Gasteiger partial charge in [0.1, 0.15) is 14.9 Å². The van der Waals surface area contributed by atoms with Crippen molar-refractivity contribution in [3.63, 3.8) is 0 Å². The Morgan fingerprint density at radius 2 is 1.62 bits per heavy atom. The van der Waals surface area contributed by atoms with E-state index in [2.05, 4.69) is 4.98 Å². The first kappa shape index (κ1) is 14.0. The molecule has 1 heterocycles. The Kier molecular flexibility index (Phi) is 4.18.